The number of amides is 3. The second kappa shape index (κ2) is 13.8. The van der Waals surface area contributed by atoms with Crippen LogP contribution in [0.1, 0.15) is 54.7 Å². The van der Waals surface area contributed by atoms with Crippen LogP contribution in [0.5, 0.6) is 11.5 Å². The lowest BCUT2D eigenvalue weighted by Crippen LogP contribution is -2.52. The van der Waals surface area contributed by atoms with E-state index in [-0.39, 0.29) is 59.8 Å². The molecule has 268 valence electrons. The molecular weight excluding hydrogens is 674 g/mol. The van der Waals surface area contributed by atoms with Crippen molar-refractivity contribution in [3.8, 4) is 22.8 Å². The Morgan fingerprint density at radius 2 is 1.76 bits per heavy atom. The quantitative estimate of drug-likeness (QED) is 0.125. The maximum Gasteiger partial charge on any atom is 0.424 e. The molecule has 0 saturated heterocycles. The highest BCUT2D eigenvalue weighted by Crippen LogP contribution is 2.48. The minimum absolute atomic E-state index is 0.00378. The number of ether oxygens (including phenoxy) is 2. The van der Waals surface area contributed by atoms with Crippen LogP contribution in [-0.2, 0) is 20.6 Å². The largest absolute Gasteiger partial charge is 0.489 e. The van der Waals surface area contributed by atoms with Crippen molar-refractivity contribution in [3.63, 3.8) is 0 Å². The third kappa shape index (κ3) is 7.29. The zero-order chi connectivity index (χ0) is 36.6. The maximum atomic E-state index is 15.0. The van der Waals surface area contributed by atoms with Gasteiger partial charge in [0, 0.05) is 48.3 Å². The number of hydrogen-bond acceptors (Lipinski definition) is 8. The van der Waals surface area contributed by atoms with Crippen LogP contribution >= 0.6 is 0 Å². The van der Waals surface area contributed by atoms with E-state index in [1.54, 1.807) is 18.3 Å². The first-order chi connectivity index (χ1) is 24.2. The maximum absolute atomic E-state index is 15.0. The molecule has 2 aromatic heterocycles. The summed E-state index contributed by atoms with van der Waals surface area (Å²) in [7, 11) is 0. The summed E-state index contributed by atoms with van der Waals surface area (Å²) in [6.07, 6.45) is -1.85. The fraction of sp³-hybridized carbons (Fsp3) is 0.361. The summed E-state index contributed by atoms with van der Waals surface area (Å²) in [5.41, 5.74) is -5.72. The third-order valence-electron chi connectivity index (χ3n) is 8.85. The van der Waals surface area contributed by atoms with Gasteiger partial charge in [-0.25, -0.2) is 9.37 Å². The van der Waals surface area contributed by atoms with Crippen molar-refractivity contribution in [1.29, 1.82) is 0 Å². The number of aromatic nitrogens is 2. The standard InChI is InChI=1S/C36H35F4N5O6/c1-20(46)41-13-4-14-43-33(48)34(2)19-50-31-26(34)17-28(45-30(31)21-6-8-24(37)9-7-21)35(49,36(38,39)40)18-44-32(47)23-15-22-5-3-12-42-29(22)27(16-23)51-25-10-11-25/h3,5-9,12,15-17,25,49H,4,10-11,13-14,18-19H2,1-2H3,(H,41,46)(H,43,48)(H,44,47)/t34-,35-/m0/s1. The van der Waals surface area contributed by atoms with Crippen LogP contribution in [0.4, 0.5) is 17.6 Å². The molecule has 1 fully saturated rings. The number of halogens is 4. The minimum atomic E-state index is -5.38. The molecule has 2 aliphatic rings. The van der Waals surface area contributed by atoms with Gasteiger partial charge in [-0.2, -0.15) is 13.2 Å². The molecule has 2 atom stereocenters. The molecular formula is C36H35F4N5O6. The van der Waals surface area contributed by atoms with Crippen molar-refractivity contribution in [2.45, 2.75) is 56.4 Å². The highest BCUT2D eigenvalue weighted by Gasteiger charge is 2.58. The summed E-state index contributed by atoms with van der Waals surface area (Å²) >= 11 is 0. The van der Waals surface area contributed by atoms with Crippen molar-refractivity contribution in [2.75, 3.05) is 26.2 Å². The molecule has 4 aromatic rings. The predicted octanol–water partition coefficient (Wildman–Crippen LogP) is 4.45. The summed E-state index contributed by atoms with van der Waals surface area (Å²) < 4.78 is 70.6. The molecule has 3 heterocycles. The Kier molecular flexibility index (Phi) is 9.59. The Balaban J connectivity index is 1.35. The molecule has 4 N–H and O–H groups in total. The molecule has 1 saturated carbocycles. The van der Waals surface area contributed by atoms with Gasteiger partial charge in [0.15, 0.2) is 0 Å². The molecule has 51 heavy (non-hydrogen) atoms. The topological polar surface area (TPSA) is 152 Å². The number of fused-ring (bicyclic) bond motifs is 2. The second-order valence-corrected chi connectivity index (χ2v) is 12.9. The monoisotopic (exact) mass is 709 g/mol. The van der Waals surface area contributed by atoms with Crippen molar-refractivity contribution in [3.05, 3.63) is 83.4 Å². The zero-order valence-corrected chi connectivity index (χ0v) is 27.7. The van der Waals surface area contributed by atoms with E-state index in [1.165, 1.54) is 38.1 Å². The van der Waals surface area contributed by atoms with Gasteiger partial charge in [0.2, 0.25) is 17.4 Å². The van der Waals surface area contributed by atoms with E-state index < -0.39 is 47.1 Å². The molecule has 0 bridgehead atoms. The van der Waals surface area contributed by atoms with E-state index in [9.17, 15) is 37.1 Å². The van der Waals surface area contributed by atoms with Crippen LogP contribution in [0.2, 0.25) is 0 Å². The molecule has 3 amide bonds. The number of carbonyl (C=O) groups excluding carboxylic acids is 3. The molecule has 0 spiro atoms. The smallest absolute Gasteiger partial charge is 0.424 e. The van der Waals surface area contributed by atoms with Gasteiger partial charge in [0.25, 0.3) is 5.91 Å². The van der Waals surface area contributed by atoms with Gasteiger partial charge in [-0.15, -0.1) is 0 Å². The molecule has 1 aliphatic carbocycles. The summed E-state index contributed by atoms with van der Waals surface area (Å²) in [5, 5.41) is 19.6. The Hall–Kier alpha value is -5.31. The normalized spacial score (nSPS) is 17.9. The zero-order valence-electron chi connectivity index (χ0n) is 27.7. The first kappa shape index (κ1) is 35.5. The average molecular weight is 710 g/mol. The van der Waals surface area contributed by atoms with E-state index in [0.717, 1.165) is 31.0 Å². The molecule has 6 rings (SSSR count). The number of nitrogens with zero attached hydrogens (tertiary/aromatic N) is 2. The fourth-order valence-corrected chi connectivity index (χ4v) is 5.73. The predicted molar refractivity (Wildman–Crippen MR) is 176 cm³/mol. The van der Waals surface area contributed by atoms with Gasteiger partial charge in [0.05, 0.1) is 18.3 Å². The van der Waals surface area contributed by atoms with Crippen molar-refractivity contribution < 1.29 is 46.5 Å². The van der Waals surface area contributed by atoms with E-state index in [1.807, 2.05) is 0 Å². The number of carbonyl (C=O) groups is 3. The minimum Gasteiger partial charge on any atom is -0.489 e. The number of aliphatic hydroxyl groups is 1. The lowest BCUT2D eigenvalue weighted by Gasteiger charge is -2.31. The second-order valence-electron chi connectivity index (χ2n) is 12.9. The van der Waals surface area contributed by atoms with Gasteiger partial charge in [0.1, 0.15) is 40.5 Å². The molecule has 15 heteroatoms. The van der Waals surface area contributed by atoms with Gasteiger partial charge >= 0.3 is 6.18 Å². The van der Waals surface area contributed by atoms with Gasteiger partial charge in [-0.1, -0.05) is 6.07 Å². The van der Waals surface area contributed by atoms with Crippen molar-refractivity contribution >= 4 is 28.6 Å². The van der Waals surface area contributed by atoms with Gasteiger partial charge in [-0.3, -0.25) is 19.4 Å². The summed E-state index contributed by atoms with van der Waals surface area (Å²) in [6.45, 7) is 1.64. The average Bonchev–Trinajstić information content (AvgIpc) is 3.85. The summed E-state index contributed by atoms with van der Waals surface area (Å²) in [5.74, 6) is -2.05. The Morgan fingerprint density at radius 1 is 1.04 bits per heavy atom. The lowest BCUT2D eigenvalue weighted by molar-refractivity contribution is -0.265. The fourth-order valence-electron chi connectivity index (χ4n) is 5.73. The molecule has 0 unspecified atom stereocenters. The number of pyridine rings is 2. The molecule has 1 aliphatic heterocycles. The number of rotatable bonds is 12. The Bertz CT molecular complexity index is 1990. The van der Waals surface area contributed by atoms with E-state index in [0.29, 0.717) is 23.1 Å². The lowest BCUT2D eigenvalue weighted by atomic mass is 9.81. The van der Waals surface area contributed by atoms with Gasteiger partial charge in [-0.05, 0) is 74.7 Å². The van der Waals surface area contributed by atoms with Crippen LogP contribution in [-0.4, -0.2) is 71.3 Å². The Labute approximate surface area is 289 Å². The van der Waals surface area contributed by atoms with Gasteiger partial charge < -0.3 is 30.5 Å². The number of hydrogen-bond donors (Lipinski definition) is 4. The number of alkyl halides is 3. The highest BCUT2D eigenvalue weighted by atomic mass is 19.4. The molecule has 0 radical (unpaired) electrons. The summed E-state index contributed by atoms with van der Waals surface area (Å²) in [6, 6.07) is 11.9. The highest BCUT2D eigenvalue weighted by molar-refractivity contribution is 6.00. The van der Waals surface area contributed by atoms with Crippen molar-refractivity contribution in [1.82, 2.24) is 25.9 Å². The van der Waals surface area contributed by atoms with E-state index >= 15 is 0 Å². The van der Waals surface area contributed by atoms with Crippen LogP contribution in [0, 0.1) is 5.82 Å². The van der Waals surface area contributed by atoms with Crippen LogP contribution < -0.4 is 25.4 Å². The Morgan fingerprint density at radius 3 is 2.45 bits per heavy atom. The van der Waals surface area contributed by atoms with E-state index in [4.69, 9.17) is 9.47 Å². The van der Waals surface area contributed by atoms with Crippen LogP contribution in [0.3, 0.4) is 0 Å². The third-order valence-corrected chi connectivity index (χ3v) is 8.85. The van der Waals surface area contributed by atoms with E-state index in [2.05, 4.69) is 25.9 Å². The molecule has 2 aromatic carbocycles. The van der Waals surface area contributed by atoms with Crippen LogP contribution in [0.15, 0.2) is 60.8 Å². The SMILES string of the molecule is CC(=O)NCCCNC(=O)[C@@]1(C)COc2c1cc([C@@](O)(CNC(=O)c1cc(OC3CC3)c3ncccc3c1)C(F)(F)F)nc2-c1ccc(F)cc1. The number of benzene rings is 2. The van der Waals surface area contributed by atoms with Crippen LogP contribution in [0.25, 0.3) is 22.2 Å². The van der Waals surface area contributed by atoms with Crippen molar-refractivity contribution in [2.24, 2.45) is 0 Å². The molecule has 11 nitrogen and oxygen atoms in total. The summed E-state index contributed by atoms with van der Waals surface area (Å²) in [4.78, 5) is 46.6. The first-order valence-electron chi connectivity index (χ1n) is 16.3. The first-order valence-corrected chi connectivity index (χ1v) is 16.3. The number of nitrogens with one attached hydrogen (secondary N) is 3.